The van der Waals surface area contributed by atoms with Crippen molar-refractivity contribution in [2.75, 3.05) is 5.32 Å². The lowest BCUT2D eigenvalue weighted by atomic mass is 10.2. The predicted molar refractivity (Wildman–Crippen MR) is 66.2 cm³/mol. The number of benzene rings is 1. The number of halogens is 1. The average molecular weight is 246 g/mol. The molecule has 1 aromatic carbocycles. The Morgan fingerprint density at radius 2 is 2.06 bits per heavy atom. The molecule has 4 nitrogen and oxygen atoms in total. The number of aryl methyl sites for hydroxylation is 1. The summed E-state index contributed by atoms with van der Waals surface area (Å²) in [6, 6.07) is 7.06. The second-order valence-corrected chi connectivity index (χ2v) is 3.86. The van der Waals surface area contributed by atoms with Gasteiger partial charge in [0, 0.05) is 23.5 Å². The molecule has 5 heteroatoms. The van der Waals surface area contributed by atoms with E-state index in [0.29, 0.717) is 11.3 Å². The van der Waals surface area contributed by atoms with E-state index in [9.17, 15) is 14.0 Å². The molecule has 2 N–H and O–H groups in total. The van der Waals surface area contributed by atoms with Crippen molar-refractivity contribution < 1.29 is 9.18 Å². The molecule has 0 unspecified atom stereocenters. The molecule has 0 saturated carbocycles. The number of hydrogen-bond donors (Lipinski definition) is 2. The van der Waals surface area contributed by atoms with Crippen LogP contribution < -0.4 is 10.9 Å². The Hall–Kier alpha value is -2.43. The molecule has 2 rings (SSSR count). The summed E-state index contributed by atoms with van der Waals surface area (Å²) in [4.78, 5) is 25.2. The summed E-state index contributed by atoms with van der Waals surface area (Å²) in [5.41, 5.74) is 0.713. The third-order valence-electron chi connectivity index (χ3n) is 2.47. The second-order valence-electron chi connectivity index (χ2n) is 3.86. The van der Waals surface area contributed by atoms with Gasteiger partial charge in [0.1, 0.15) is 5.82 Å². The van der Waals surface area contributed by atoms with Crippen molar-refractivity contribution in [3.8, 4) is 0 Å². The molecule has 0 atom stereocenters. The maximum atomic E-state index is 13.3. The van der Waals surface area contributed by atoms with E-state index in [0.717, 1.165) is 0 Å². The van der Waals surface area contributed by atoms with Crippen LogP contribution in [0.15, 0.2) is 41.3 Å². The molecule has 1 aromatic heterocycles. The van der Waals surface area contributed by atoms with Gasteiger partial charge in [0.15, 0.2) is 0 Å². The van der Waals surface area contributed by atoms with Crippen LogP contribution in [-0.4, -0.2) is 10.9 Å². The Labute approximate surface area is 102 Å². The van der Waals surface area contributed by atoms with Gasteiger partial charge in [-0.25, -0.2) is 4.39 Å². The van der Waals surface area contributed by atoms with Gasteiger partial charge in [-0.2, -0.15) is 0 Å². The lowest BCUT2D eigenvalue weighted by molar-refractivity contribution is 0.102. The Kier molecular flexibility index (Phi) is 3.23. The molecule has 0 aliphatic carbocycles. The highest BCUT2D eigenvalue weighted by molar-refractivity contribution is 6.04. The molecule has 0 bridgehead atoms. The maximum Gasteiger partial charge on any atom is 0.255 e. The van der Waals surface area contributed by atoms with E-state index in [1.54, 1.807) is 19.1 Å². The Balaban J connectivity index is 2.21. The van der Waals surface area contributed by atoms with Gasteiger partial charge >= 0.3 is 0 Å². The van der Waals surface area contributed by atoms with E-state index >= 15 is 0 Å². The van der Waals surface area contributed by atoms with E-state index < -0.39 is 11.7 Å². The van der Waals surface area contributed by atoms with Gasteiger partial charge in [0.05, 0.1) is 0 Å². The first-order valence-electron chi connectivity index (χ1n) is 5.32. The summed E-state index contributed by atoms with van der Waals surface area (Å²) in [5.74, 6) is -0.844. The highest BCUT2D eigenvalue weighted by Gasteiger charge is 2.07. The number of H-pyrrole nitrogens is 1. The van der Waals surface area contributed by atoms with E-state index in [1.807, 2.05) is 0 Å². The summed E-state index contributed by atoms with van der Waals surface area (Å²) < 4.78 is 13.3. The summed E-state index contributed by atoms with van der Waals surface area (Å²) in [6.07, 6.45) is 1.38. The molecule has 2 aromatic rings. The van der Waals surface area contributed by atoms with Crippen LogP contribution in [0.1, 0.15) is 15.9 Å². The number of carbonyl (C=O) groups is 1. The lowest BCUT2D eigenvalue weighted by Gasteiger charge is -2.05. The molecule has 0 saturated heterocycles. The van der Waals surface area contributed by atoms with Crippen LogP contribution in [0.3, 0.4) is 0 Å². The van der Waals surface area contributed by atoms with Gasteiger partial charge in [-0.1, -0.05) is 6.07 Å². The van der Waals surface area contributed by atoms with E-state index in [2.05, 4.69) is 10.3 Å². The summed E-state index contributed by atoms with van der Waals surface area (Å²) in [5, 5.41) is 2.52. The van der Waals surface area contributed by atoms with Crippen molar-refractivity contribution in [2.45, 2.75) is 6.92 Å². The zero-order valence-electron chi connectivity index (χ0n) is 9.66. The number of anilines is 1. The molecule has 18 heavy (non-hydrogen) atoms. The molecule has 0 aliphatic rings. The average Bonchev–Trinajstić information content (AvgIpc) is 2.34. The van der Waals surface area contributed by atoms with Crippen molar-refractivity contribution in [1.82, 2.24) is 4.98 Å². The fourth-order valence-corrected chi connectivity index (χ4v) is 1.46. The maximum absolute atomic E-state index is 13.3. The highest BCUT2D eigenvalue weighted by Crippen LogP contribution is 2.14. The quantitative estimate of drug-likeness (QED) is 0.852. The third-order valence-corrected chi connectivity index (χ3v) is 2.47. The molecule has 1 amide bonds. The monoisotopic (exact) mass is 246 g/mol. The zero-order valence-corrected chi connectivity index (χ0v) is 9.66. The SMILES string of the molecule is Cc1ccc(NC(=O)c2cc[nH]c(=O)c2)cc1F. The van der Waals surface area contributed by atoms with E-state index in [1.165, 1.54) is 24.4 Å². The fraction of sp³-hybridized carbons (Fsp3) is 0.0769. The third kappa shape index (κ3) is 2.63. The number of carbonyl (C=O) groups excluding carboxylic acids is 1. The van der Waals surface area contributed by atoms with E-state index in [4.69, 9.17) is 0 Å². The number of hydrogen-bond acceptors (Lipinski definition) is 2. The van der Waals surface area contributed by atoms with Crippen molar-refractivity contribution in [3.05, 3.63) is 63.8 Å². The minimum absolute atomic E-state index is 0.222. The van der Waals surface area contributed by atoms with Gasteiger partial charge in [-0.3, -0.25) is 9.59 Å². The van der Waals surface area contributed by atoms with Crippen LogP contribution in [0, 0.1) is 12.7 Å². The molecule has 0 fully saturated rings. The van der Waals surface area contributed by atoms with Crippen LogP contribution in [0.2, 0.25) is 0 Å². The zero-order chi connectivity index (χ0) is 13.1. The highest BCUT2D eigenvalue weighted by atomic mass is 19.1. The van der Waals surface area contributed by atoms with Crippen LogP contribution in [-0.2, 0) is 0 Å². The number of nitrogens with one attached hydrogen (secondary N) is 2. The molecule has 1 heterocycles. The number of rotatable bonds is 2. The van der Waals surface area contributed by atoms with Gasteiger partial charge in [0.2, 0.25) is 5.56 Å². The van der Waals surface area contributed by atoms with Gasteiger partial charge in [-0.05, 0) is 30.7 Å². The van der Waals surface area contributed by atoms with Crippen molar-refractivity contribution in [1.29, 1.82) is 0 Å². The molecule has 0 spiro atoms. The Morgan fingerprint density at radius 1 is 1.28 bits per heavy atom. The van der Waals surface area contributed by atoms with E-state index in [-0.39, 0.29) is 11.1 Å². The lowest BCUT2D eigenvalue weighted by Crippen LogP contribution is -2.15. The van der Waals surface area contributed by atoms with Crippen molar-refractivity contribution in [2.24, 2.45) is 0 Å². The second kappa shape index (κ2) is 4.83. The van der Waals surface area contributed by atoms with Crippen LogP contribution >= 0.6 is 0 Å². The van der Waals surface area contributed by atoms with Crippen LogP contribution in [0.5, 0.6) is 0 Å². The summed E-state index contributed by atoms with van der Waals surface area (Å²) in [6.45, 7) is 1.64. The minimum Gasteiger partial charge on any atom is -0.329 e. The standard InChI is InChI=1S/C13H11FN2O2/c1-8-2-3-10(7-11(8)14)16-13(18)9-4-5-15-12(17)6-9/h2-7H,1H3,(H,15,17)(H,16,18). The minimum atomic E-state index is -0.454. The number of pyridine rings is 1. The molecular formula is C13H11FN2O2. The van der Waals surface area contributed by atoms with Gasteiger partial charge < -0.3 is 10.3 Å². The number of amides is 1. The topological polar surface area (TPSA) is 62.0 Å². The molecule has 92 valence electrons. The molecule has 0 aliphatic heterocycles. The smallest absolute Gasteiger partial charge is 0.255 e. The van der Waals surface area contributed by atoms with Crippen molar-refractivity contribution >= 4 is 11.6 Å². The predicted octanol–water partition coefficient (Wildman–Crippen LogP) is 2.07. The first-order chi connectivity index (χ1) is 8.56. The van der Waals surface area contributed by atoms with Crippen LogP contribution in [0.25, 0.3) is 0 Å². The van der Waals surface area contributed by atoms with Gasteiger partial charge in [-0.15, -0.1) is 0 Å². The summed E-state index contributed by atoms with van der Waals surface area (Å²) in [7, 11) is 0. The number of aromatic nitrogens is 1. The van der Waals surface area contributed by atoms with Crippen LogP contribution in [0.4, 0.5) is 10.1 Å². The van der Waals surface area contributed by atoms with Crippen molar-refractivity contribution in [3.63, 3.8) is 0 Å². The largest absolute Gasteiger partial charge is 0.329 e. The van der Waals surface area contributed by atoms with Gasteiger partial charge in [0.25, 0.3) is 5.91 Å². The number of aromatic amines is 1. The first kappa shape index (κ1) is 12.0. The Bertz CT molecular complexity index is 649. The Morgan fingerprint density at radius 3 is 2.72 bits per heavy atom. The fourth-order valence-electron chi connectivity index (χ4n) is 1.46. The normalized spacial score (nSPS) is 10.1. The molecule has 0 radical (unpaired) electrons. The summed E-state index contributed by atoms with van der Waals surface area (Å²) >= 11 is 0. The first-order valence-corrected chi connectivity index (χ1v) is 5.32. The molecular weight excluding hydrogens is 235 g/mol.